The molecule has 0 radical (unpaired) electrons. The van der Waals surface area contributed by atoms with Crippen molar-refractivity contribution < 1.29 is 0 Å². The van der Waals surface area contributed by atoms with Crippen LogP contribution < -0.4 is 0 Å². The van der Waals surface area contributed by atoms with Crippen LogP contribution in [0.25, 0.3) is 6.08 Å². The van der Waals surface area contributed by atoms with E-state index in [-0.39, 0.29) is 0 Å². The molecular weight excluding hydrogens is 122 g/mol. The predicted octanol–water partition coefficient (Wildman–Crippen LogP) is 2.37. The van der Waals surface area contributed by atoms with Crippen molar-refractivity contribution in [3.63, 3.8) is 0 Å². The summed E-state index contributed by atoms with van der Waals surface area (Å²) >= 11 is 0. The van der Waals surface area contributed by atoms with E-state index >= 15 is 0 Å². The number of rotatable bonds is 1. The normalized spacial score (nSPS) is 11.1. The predicted molar refractivity (Wildman–Crippen MR) is 44.9 cm³/mol. The zero-order valence-corrected chi connectivity index (χ0v) is 6.76. The SMILES string of the molecule is C/C=C\c1cc(C)cn1C. The maximum Gasteiger partial charge on any atom is 0.0403 e. The fourth-order valence-electron chi connectivity index (χ4n) is 1.09. The summed E-state index contributed by atoms with van der Waals surface area (Å²) < 4.78 is 2.12. The van der Waals surface area contributed by atoms with Gasteiger partial charge in [0, 0.05) is 18.9 Å². The molecule has 54 valence electrons. The number of aryl methyl sites for hydroxylation is 2. The van der Waals surface area contributed by atoms with Crippen molar-refractivity contribution in [3.8, 4) is 0 Å². The molecule has 1 aromatic rings. The maximum absolute atomic E-state index is 2.17. The molecule has 0 atom stereocenters. The summed E-state index contributed by atoms with van der Waals surface area (Å²) in [6, 6.07) is 2.17. The summed E-state index contributed by atoms with van der Waals surface area (Å²) in [4.78, 5) is 0. The van der Waals surface area contributed by atoms with Crippen LogP contribution in [0.15, 0.2) is 18.3 Å². The Morgan fingerprint density at radius 1 is 1.50 bits per heavy atom. The quantitative estimate of drug-likeness (QED) is 0.557. The van der Waals surface area contributed by atoms with Crippen LogP contribution >= 0.6 is 0 Å². The number of hydrogen-bond donors (Lipinski definition) is 0. The molecule has 1 nitrogen and oxygen atoms in total. The van der Waals surface area contributed by atoms with E-state index in [0.29, 0.717) is 0 Å². The molecular formula is C9H13N. The Balaban J connectivity index is 3.03. The molecule has 0 bridgehead atoms. The lowest BCUT2D eigenvalue weighted by atomic mass is 10.3. The van der Waals surface area contributed by atoms with E-state index < -0.39 is 0 Å². The van der Waals surface area contributed by atoms with Gasteiger partial charge >= 0.3 is 0 Å². The Kier molecular flexibility index (Phi) is 1.95. The summed E-state index contributed by atoms with van der Waals surface area (Å²) in [5.41, 5.74) is 2.58. The number of allylic oxidation sites excluding steroid dienone is 1. The van der Waals surface area contributed by atoms with Crippen molar-refractivity contribution in [2.75, 3.05) is 0 Å². The van der Waals surface area contributed by atoms with Gasteiger partial charge in [-0.25, -0.2) is 0 Å². The highest BCUT2D eigenvalue weighted by molar-refractivity contribution is 5.46. The van der Waals surface area contributed by atoms with Gasteiger partial charge in [-0.3, -0.25) is 0 Å². The number of hydrogen-bond acceptors (Lipinski definition) is 0. The molecule has 1 heterocycles. The van der Waals surface area contributed by atoms with Crippen LogP contribution in [0.5, 0.6) is 0 Å². The average molecular weight is 135 g/mol. The Bertz CT molecular complexity index is 243. The van der Waals surface area contributed by atoms with Gasteiger partial charge in [-0.2, -0.15) is 0 Å². The molecule has 10 heavy (non-hydrogen) atoms. The first-order chi connectivity index (χ1) is 4.74. The lowest BCUT2D eigenvalue weighted by Crippen LogP contribution is -1.85. The minimum absolute atomic E-state index is 1.26. The van der Waals surface area contributed by atoms with Gasteiger partial charge in [0.15, 0.2) is 0 Å². The van der Waals surface area contributed by atoms with Crippen molar-refractivity contribution in [1.82, 2.24) is 4.57 Å². The fraction of sp³-hybridized carbons (Fsp3) is 0.333. The minimum Gasteiger partial charge on any atom is -0.351 e. The first-order valence-electron chi connectivity index (χ1n) is 3.49. The summed E-state index contributed by atoms with van der Waals surface area (Å²) in [6.45, 7) is 4.13. The lowest BCUT2D eigenvalue weighted by molar-refractivity contribution is 0.912. The van der Waals surface area contributed by atoms with Gasteiger partial charge in [-0.05, 0) is 31.6 Å². The van der Waals surface area contributed by atoms with E-state index in [1.165, 1.54) is 11.3 Å². The van der Waals surface area contributed by atoms with Crippen LogP contribution in [0, 0.1) is 6.92 Å². The van der Waals surface area contributed by atoms with Gasteiger partial charge in [0.2, 0.25) is 0 Å². The van der Waals surface area contributed by atoms with Gasteiger partial charge in [0.1, 0.15) is 0 Å². The molecule has 0 spiro atoms. The molecule has 0 amide bonds. The molecule has 0 aliphatic rings. The van der Waals surface area contributed by atoms with Crippen LogP contribution in [0.1, 0.15) is 18.2 Å². The summed E-state index contributed by atoms with van der Waals surface area (Å²) in [5.74, 6) is 0. The molecule has 0 N–H and O–H groups in total. The largest absolute Gasteiger partial charge is 0.351 e. The third-order valence-corrected chi connectivity index (χ3v) is 1.52. The van der Waals surface area contributed by atoms with Crippen molar-refractivity contribution in [2.45, 2.75) is 13.8 Å². The Hall–Kier alpha value is -0.980. The third-order valence-electron chi connectivity index (χ3n) is 1.52. The molecule has 0 aliphatic heterocycles. The standard InChI is InChI=1S/C9H13N/c1-4-5-9-6-8(2)7-10(9)3/h4-7H,1-3H3/b5-4-. The third kappa shape index (κ3) is 1.29. The number of nitrogens with zero attached hydrogens (tertiary/aromatic N) is 1. The maximum atomic E-state index is 2.17. The first-order valence-corrected chi connectivity index (χ1v) is 3.49. The highest BCUT2D eigenvalue weighted by Crippen LogP contribution is 2.06. The van der Waals surface area contributed by atoms with E-state index in [9.17, 15) is 0 Å². The van der Waals surface area contributed by atoms with Crippen molar-refractivity contribution in [2.24, 2.45) is 7.05 Å². The van der Waals surface area contributed by atoms with Crippen molar-refractivity contribution >= 4 is 6.08 Å². The first kappa shape index (κ1) is 7.13. The van der Waals surface area contributed by atoms with Crippen LogP contribution in [0.2, 0.25) is 0 Å². The van der Waals surface area contributed by atoms with Crippen molar-refractivity contribution in [1.29, 1.82) is 0 Å². The fourth-order valence-corrected chi connectivity index (χ4v) is 1.09. The molecule has 1 heteroatoms. The van der Waals surface area contributed by atoms with Gasteiger partial charge in [-0.15, -0.1) is 0 Å². The second-order valence-electron chi connectivity index (χ2n) is 2.55. The monoisotopic (exact) mass is 135 g/mol. The van der Waals surface area contributed by atoms with Gasteiger partial charge < -0.3 is 4.57 Å². The van der Waals surface area contributed by atoms with Crippen LogP contribution in [0.3, 0.4) is 0 Å². The van der Waals surface area contributed by atoms with E-state index in [4.69, 9.17) is 0 Å². The van der Waals surface area contributed by atoms with Gasteiger partial charge in [-0.1, -0.05) is 6.08 Å². The molecule has 0 unspecified atom stereocenters. The Morgan fingerprint density at radius 3 is 2.60 bits per heavy atom. The van der Waals surface area contributed by atoms with E-state index in [0.717, 1.165) is 0 Å². The average Bonchev–Trinajstić information content (AvgIpc) is 2.13. The topological polar surface area (TPSA) is 4.93 Å². The van der Waals surface area contributed by atoms with E-state index in [1.807, 2.05) is 6.92 Å². The Morgan fingerprint density at radius 2 is 2.20 bits per heavy atom. The van der Waals surface area contributed by atoms with Crippen LogP contribution in [-0.4, -0.2) is 4.57 Å². The molecule has 0 fully saturated rings. The summed E-state index contributed by atoms with van der Waals surface area (Å²) in [6.07, 6.45) is 6.27. The molecule has 0 aromatic carbocycles. The molecule has 0 aliphatic carbocycles. The van der Waals surface area contributed by atoms with Gasteiger partial charge in [0.05, 0.1) is 0 Å². The van der Waals surface area contributed by atoms with E-state index in [2.05, 4.69) is 43.0 Å². The molecule has 1 aromatic heterocycles. The zero-order valence-electron chi connectivity index (χ0n) is 6.76. The smallest absolute Gasteiger partial charge is 0.0403 e. The van der Waals surface area contributed by atoms with Crippen LogP contribution in [-0.2, 0) is 7.05 Å². The van der Waals surface area contributed by atoms with Crippen molar-refractivity contribution in [3.05, 3.63) is 29.6 Å². The lowest BCUT2D eigenvalue weighted by Gasteiger charge is -1.92. The van der Waals surface area contributed by atoms with Crippen LogP contribution in [0.4, 0.5) is 0 Å². The zero-order chi connectivity index (χ0) is 7.56. The minimum atomic E-state index is 1.26. The van der Waals surface area contributed by atoms with E-state index in [1.54, 1.807) is 0 Å². The summed E-state index contributed by atoms with van der Waals surface area (Å²) in [5, 5.41) is 0. The molecule has 0 saturated carbocycles. The summed E-state index contributed by atoms with van der Waals surface area (Å²) in [7, 11) is 2.06. The Labute approximate surface area is 62.0 Å². The number of aromatic nitrogens is 1. The highest BCUT2D eigenvalue weighted by Gasteiger charge is 1.92. The molecule has 1 rings (SSSR count). The second kappa shape index (κ2) is 2.74. The highest BCUT2D eigenvalue weighted by atomic mass is 14.9. The van der Waals surface area contributed by atoms with Gasteiger partial charge in [0.25, 0.3) is 0 Å². The second-order valence-corrected chi connectivity index (χ2v) is 2.55. The molecule has 0 saturated heterocycles.